The molecule has 5 heteroatoms. The van der Waals surface area contributed by atoms with E-state index in [-0.39, 0.29) is 11.9 Å². The van der Waals surface area contributed by atoms with E-state index < -0.39 is 0 Å². The lowest BCUT2D eigenvalue weighted by Gasteiger charge is -2.07. The average Bonchev–Trinajstić information content (AvgIpc) is 2.71. The molecule has 5 nitrogen and oxygen atoms in total. The minimum absolute atomic E-state index is 0.363. The van der Waals surface area contributed by atoms with Crippen LogP contribution in [-0.4, -0.2) is 62.0 Å². The van der Waals surface area contributed by atoms with Crippen molar-refractivity contribution in [3.8, 4) is 0 Å². The molecular formula is C23H50N2O3. The van der Waals surface area contributed by atoms with Gasteiger partial charge in [0.2, 0.25) is 0 Å². The number of carbonyl (C=O) groups is 2. The van der Waals surface area contributed by atoms with Crippen molar-refractivity contribution < 1.29 is 14.3 Å². The third-order valence-electron chi connectivity index (χ3n) is 4.61. The second-order valence-corrected chi connectivity index (χ2v) is 7.09. The summed E-state index contributed by atoms with van der Waals surface area (Å²) in [5.41, 5.74) is 0. The summed E-state index contributed by atoms with van der Waals surface area (Å²) in [5.74, 6) is -0.730. The topological polar surface area (TPSA) is 49.9 Å². The molecule has 0 fully saturated rings. The number of rotatable bonds is 13. The number of hydrogen-bond acceptors (Lipinski definition) is 5. The Morgan fingerprint density at radius 3 is 1.18 bits per heavy atom. The predicted molar refractivity (Wildman–Crippen MR) is 122 cm³/mol. The average molecular weight is 403 g/mol. The van der Waals surface area contributed by atoms with Crippen molar-refractivity contribution in [2.24, 2.45) is 0 Å². The summed E-state index contributed by atoms with van der Waals surface area (Å²) in [7, 11) is 4.22. The van der Waals surface area contributed by atoms with Crippen molar-refractivity contribution >= 4 is 11.9 Å². The van der Waals surface area contributed by atoms with Crippen molar-refractivity contribution in [1.82, 2.24) is 9.80 Å². The van der Waals surface area contributed by atoms with Gasteiger partial charge in [-0.15, -0.1) is 0 Å². The first-order chi connectivity index (χ1) is 13.3. The Morgan fingerprint density at radius 2 is 0.893 bits per heavy atom. The molecule has 0 rings (SSSR count). The molecule has 0 radical (unpaired) electrons. The number of hydrogen-bond donors (Lipinski definition) is 0. The fourth-order valence-electron chi connectivity index (χ4n) is 1.89. The zero-order valence-corrected chi connectivity index (χ0v) is 20.3. The van der Waals surface area contributed by atoms with Crippen molar-refractivity contribution in [3.63, 3.8) is 0 Å². The Balaban J connectivity index is -0.000000426. The standard InChI is InChI=1S/C13H24O3.2C5H13N/c1-3-5-7-9-11-13(15)16-12(14)10-8-6-4-2;2*1-4-6(3)5-2/h3-11H2,1-2H3;2*4-5H2,1-3H3. The van der Waals surface area contributed by atoms with Crippen LogP contribution in [0.25, 0.3) is 0 Å². The van der Waals surface area contributed by atoms with Gasteiger partial charge in [-0.05, 0) is 53.1 Å². The molecule has 0 aromatic rings. The highest BCUT2D eigenvalue weighted by molar-refractivity contribution is 5.85. The SMILES string of the molecule is CCCCCCC(=O)OC(=O)CCCCC.CCN(C)CC.CCN(C)CC. The van der Waals surface area contributed by atoms with Crippen molar-refractivity contribution in [2.75, 3.05) is 40.3 Å². The molecular weight excluding hydrogens is 352 g/mol. The summed E-state index contributed by atoms with van der Waals surface area (Å²) < 4.78 is 4.70. The summed E-state index contributed by atoms with van der Waals surface area (Å²) in [6, 6.07) is 0. The number of ether oxygens (including phenoxy) is 1. The van der Waals surface area contributed by atoms with E-state index in [0.29, 0.717) is 12.8 Å². The van der Waals surface area contributed by atoms with E-state index in [9.17, 15) is 9.59 Å². The third kappa shape index (κ3) is 29.8. The van der Waals surface area contributed by atoms with E-state index in [1.165, 1.54) is 0 Å². The number of nitrogens with zero attached hydrogens (tertiary/aromatic N) is 2. The van der Waals surface area contributed by atoms with Gasteiger partial charge in [-0.2, -0.15) is 0 Å². The molecule has 0 saturated carbocycles. The first-order valence-electron chi connectivity index (χ1n) is 11.4. The smallest absolute Gasteiger partial charge is 0.313 e. The van der Waals surface area contributed by atoms with Crippen LogP contribution in [-0.2, 0) is 14.3 Å². The van der Waals surface area contributed by atoms with Crippen LogP contribution in [0.4, 0.5) is 0 Å². The van der Waals surface area contributed by atoms with E-state index in [1.54, 1.807) is 0 Å². The quantitative estimate of drug-likeness (QED) is 0.230. The Bertz CT molecular complexity index is 318. The maximum absolute atomic E-state index is 11.2. The molecule has 0 heterocycles. The van der Waals surface area contributed by atoms with Crippen LogP contribution in [0.5, 0.6) is 0 Å². The third-order valence-corrected chi connectivity index (χ3v) is 4.61. The van der Waals surface area contributed by atoms with Gasteiger partial charge >= 0.3 is 11.9 Å². The summed E-state index contributed by atoms with van der Waals surface area (Å²) in [4.78, 5) is 26.9. The van der Waals surface area contributed by atoms with Gasteiger partial charge in [0, 0.05) is 12.8 Å². The maximum Gasteiger partial charge on any atom is 0.313 e. The zero-order valence-electron chi connectivity index (χ0n) is 20.3. The molecule has 0 aromatic heterocycles. The summed E-state index contributed by atoms with van der Waals surface area (Å²) in [6.45, 7) is 17.5. The first-order valence-corrected chi connectivity index (χ1v) is 11.4. The number of unbranched alkanes of at least 4 members (excludes halogenated alkanes) is 5. The van der Waals surface area contributed by atoms with Gasteiger partial charge in [-0.25, -0.2) is 0 Å². The zero-order chi connectivity index (χ0) is 22.2. The Hall–Kier alpha value is -0.940. The summed E-state index contributed by atoms with van der Waals surface area (Å²) >= 11 is 0. The highest BCUT2D eigenvalue weighted by Gasteiger charge is 2.09. The lowest BCUT2D eigenvalue weighted by Crippen LogP contribution is -2.15. The fourth-order valence-corrected chi connectivity index (χ4v) is 1.89. The van der Waals surface area contributed by atoms with Crippen molar-refractivity contribution in [1.29, 1.82) is 0 Å². The first kappa shape index (κ1) is 31.7. The number of carbonyl (C=O) groups excluding carboxylic acids is 2. The molecule has 0 atom stereocenters. The fraction of sp³-hybridized carbons (Fsp3) is 0.913. The second-order valence-electron chi connectivity index (χ2n) is 7.09. The molecule has 0 aliphatic rings. The van der Waals surface area contributed by atoms with Crippen molar-refractivity contribution in [2.45, 2.75) is 99.3 Å². The second kappa shape index (κ2) is 26.1. The molecule has 0 aliphatic heterocycles. The van der Waals surface area contributed by atoms with Crippen LogP contribution >= 0.6 is 0 Å². The molecule has 28 heavy (non-hydrogen) atoms. The number of esters is 2. The lowest BCUT2D eigenvalue weighted by molar-refractivity contribution is -0.159. The van der Waals surface area contributed by atoms with Gasteiger partial charge in [0.25, 0.3) is 0 Å². The van der Waals surface area contributed by atoms with Crippen LogP contribution < -0.4 is 0 Å². The highest BCUT2D eigenvalue weighted by Crippen LogP contribution is 2.05. The maximum atomic E-state index is 11.2. The molecule has 0 unspecified atom stereocenters. The molecule has 0 bridgehead atoms. The van der Waals surface area contributed by atoms with Crippen LogP contribution in [0.15, 0.2) is 0 Å². The van der Waals surface area contributed by atoms with E-state index >= 15 is 0 Å². The Labute approximate surface area is 176 Å². The normalized spacial score (nSPS) is 10.1. The molecule has 0 amide bonds. The molecule has 170 valence electrons. The molecule has 0 aromatic carbocycles. The largest absolute Gasteiger partial charge is 0.393 e. The summed E-state index contributed by atoms with van der Waals surface area (Å²) in [6.07, 6.45) is 7.79. The van der Waals surface area contributed by atoms with E-state index in [4.69, 9.17) is 4.74 Å². The predicted octanol–water partition coefficient (Wildman–Crippen LogP) is 5.52. The van der Waals surface area contributed by atoms with Gasteiger partial charge in [0.1, 0.15) is 0 Å². The van der Waals surface area contributed by atoms with Crippen LogP contribution in [0.2, 0.25) is 0 Å². The molecule has 0 saturated heterocycles. The van der Waals surface area contributed by atoms with E-state index in [0.717, 1.165) is 71.1 Å². The van der Waals surface area contributed by atoms with Crippen LogP contribution in [0.3, 0.4) is 0 Å². The van der Waals surface area contributed by atoms with Crippen LogP contribution in [0, 0.1) is 0 Å². The van der Waals surface area contributed by atoms with Gasteiger partial charge in [0.05, 0.1) is 0 Å². The van der Waals surface area contributed by atoms with E-state index in [2.05, 4.69) is 65.4 Å². The Morgan fingerprint density at radius 1 is 0.571 bits per heavy atom. The highest BCUT2D eigenvalue weighted by atomic mass is 16.6. The minimum Gasteiger partial charge on any atom is -0.393 e. The molecule has 0 spiro atoms. The van der Waals surface area contributed by atoms with Gasteiger partial charge < -0.3 is 14.5 Å². The van der Waals surface area contributed by atoms with Crippen molar-refractivity contribution in [3.05, 3.63) is 0 Å². The molecule has 0 N–H and O–H groups in total. The Kier molecular flexibility index (Phi) is 29.5. The van der Waals surface area contributed by atoms with Gasteiger partial charge in [-0.3, -0.25) is 9.59 Å². The molecule has 0 aliphatic carbocycles. The van der Waals surface area contributed by atoms with Gasteiger partial charge in [-0.1, -0.05) is 73.6 Å². The van der Waals surface area contributed by atoms with Gasteiger partial charge in [0.15, 0.2) is 0 Å². The van der Waals surface area contributed by atoms with Crippen LogP contribution in [0.1, 0.15) is 99.3 Å². The van der Waals surface area contributed by atoms with E-state index in [1.807, 2.05) is 0 Å². The lowest BCUT2D eigenvalue weighted by atomic mass is 10.1. The monoisotopic (exact) mass is 402 g/mol. The summed E-state index contributed by atoms with van der Waals surface area (Å²) in [5, 5.41) is 0. The minimum atomic E-state index is -0.367.